The summed E-state index contributed by atoms with van der Waals surface area (Å²) in [5.41, 5.74) is 5.67. The minimum Gasteiger partial charge on any atom is -0.373 e. The highest BCUT2D eigenvalue weighted by Gasteiger charge is 2.37. The number of nitrogens with two attached hydrogens (primary N) is 1. The zero-order chi connectivity index (χ0) is 13.9. The quantitative estimate of drug-likeness (QED) is 0.839. The lowest BCUT2D eigenvalue weighted by atomic mass is 9.67. The smallest absolute Gasteiger partial charge is 0.225 e. The second-order valence-corrected chi connectivity index (χ2v) is 6.83. The highest BCUT2D eigenvalue weighted by molar-refractivity contribution is 5.79. The van der Waals surface area contributed by atoms with Gasteiger partial charge in [-0.25, -0.2) is 0 Å². The first-order valence-corrected chi connectivity index (χ1v) is 8.38. The Hall–Kier alpha value is -0.610. The summed E-state index contributed by atoms with van der Waals surface area (Å²) in [4.78, 5) is 14.7. The van der Waals surface area contributed by atoms with Gasteiger partial charge >= 0.3 is 0 Å². The number of amides is 1. The van der Waals surface area contributed by atoms with E-state index in [0.717, 1.165) is 31.2 Å². The SMILES string of the molecule is NCC1CN(C(=O)C2CCC3CCCCC3C2)CCO1. The summed E-state index contributed by atoms with van der Waals surface area (Å²) in [5, 5.41) is 0. The molecule has 4 unspecified atom stereocenters. The molecule has 0 aromatic carbocycles. The Morgan fingerprint density at radius 1 is 1.15 bits per heavy atom. The van der Waals surface area contributed by atoms with Gasteiger partial charge in [0.1, 0.15) is 0 Å². The summed E-state index contributed by atoms with van der Waals surface area (Å²) >= 11 is 0. The van der Waals surface area contributed by atoms with Crippen LogP contribution in [0.2, 0.25) is 0 Å². The van der Waals surface area contributed by atoms with Gasteiger partial charge < -0.3 is 15.4 Å². The van der Waals surface area contributed by atoms with E-state index in [1.807, 2.05) is 4.90 Å². The van der Waals surface area contributed by atoms with Gasteiger partial charge in [0, 0.05) is 25.6 Å². The molecule has 2 aliphatic carbocycles. The summed E-state index contributed by atoms with van der Waals surface area (Å²) in [6.45, 7) is 2.60. The topological polar surface area (TPSA) is 55.6 Å². The Kier molecular flexibility index (Phi) is 4.61. The number of ether oxygens (including phenoxy) is 1. The van der Waals surface area contributed by atoms with E-state index < -0.39 is 0 Å². The van der Waals surface area contributed by atoms with Crippen molar-refractivity contribution in [3.05, 3.63) is 0 Å². The Morgan fingerprint density at radius 3 is 2.75 bits per heavy atom. The zero-order valence-electron chi connectivity index (χ0n) is 12.4. The molecule has 4 atom stereocenters. The molecule has 2 saturated carbocycles. The van der Waals surface area contributed by atoms with Crippen molar-refractivity contribution in [3.63, 3.8) is 0 Å². The molecule has 0 radical (unpaired) electrons. The van der Waals surface area contributed by atoms with Crippen molar-refractivity contribution in [2.24, 2.45) is 23.5 Å². The summed E-state index contributed by atoms with van der Waals surface area (Å²) in [5.74, 6) is 2.37. The minimum atomic E-state index is 0.0405. The van der Waals surface area contributed by atoms with Gasteiger partial charge in [-0.2, -0.15) is 0 Å². The fourth-order valence-corrected chi connectivity index (χ4v) is 4.42. The van der Waals surface area contributed by atoms with E-state index >= 15 is 0 Å². The maximum absolute atomic E-state index is 12.7. The summed E-state index contributed by atoms with van der Waals surface area (Å²) < 4.78 is 5.56. The number of rotatable bonds is 2. The molecular weight excluding hydrogens is 252 g/mol. The van der Waals surface area contributed by atoms with Gasteiger partial charge in [-0.3, -0.25) is 4.79 Å². The van der Waals surface area contributed by atoms with E-state index in [1.165, 1.54) is 32.1 Å². The molecule has 4 nitrogen and oxygen atoms in total. The molecule has 20 heavy (non-hydrogen) atoms. The summed E-state index contributed by atoms with van der Waals surface area (Å²) in [6.07, 6.45) is 9.07. The molecule has 0 aromatic rings. The molecular formula is C16H28N2O2. The van der Waals surface area contributed by atoms with Crippen LogP contribution in [-0.4, -0.2) is 43.2 Å². The predicted octanol–water partition coefficient (Wildman–Crippen LogP) is 1.78. The Balaban J connectivity index is 1.57. The summed E-state index contributed by atoms with van der Waals surface area (Å²) in [6, 6.07) is 0. The molecule has 1 saturated heterocycles. The number of nitrogens with zero attached hydrogens (tertiary/aromatic N) is 1. The number of carbonyl (C=O) groups is 1. The third-order valence-corrected chi connectivity index (χ3v) is 5.60. The highest BCUT2D eigenvalue weighted by Crippen LogP contribution is 2.43. The van der Waals surface area contributed by atoms with Crippen LogP contribution < -0.4 is 5.73 Å². The van der Waals surface area contributed by atoms with Gasteiger partial charge in [0.15, 0.2) is 0 Å². The van der Waals surface area contributed by atoms with Crippen LogP contribution >= 0.6 is 0 Å². The van der Waals surface area contributed by atoms with Crippen molar-refractivity contribution < 1.29 is 9.53 Å². The third-order valence-electron chi connectivity index (χ3n) is 5.60. The first kappa shape index (κ1) is 14.3. The lowest BCUT2D eigenvalue weighted by Gasteiger charge is -2.41. The predicted molar refractivity (Wildman–Crippen MR) is 78.2 cm³/mol. The van der Waals surface area contributed by atoms with Crippen LogP contribution in [0.15, 0.2) is 0 Å². The third kappa shape index (κ3) is 3.01. The van der Waals surface area contributed by atoms with Crippen molar-refractivity contribution in [2.75, 3.05) is 26.2 Å². The largest absolute Gasteiger partial charge is 0.373 e. The second-order valence-electron chi connectivity index (χ2n) is 6.83. The number of hydrogen-bond acceptors (Lipinski definition) is 3. The van der Waals surface area contributed by atoms with Crippen LogP contribution in [0.5, 0.6) is 0 Å². The van der Waals surface area contributed by atoms with Crippen LogP contribution in [0.4, 0.5) is 0 Å². The molecule has 3 rings (SSSR count). The molecule has 1 amide bonds. The van der Waals surface area contributed by atoms with Crippen LogP contribution in [0.25, 0.3) is 0 Å². The van der Waals surface area contributed by atoms with E-state index in [0.29, 0.717) is 25.6 Å². The lowest BCUT2D eigenvalue weighted by molar-refractivity contribution is -0.145. The maximum Gasteiger partial charge on any atom is 0.225 e. The molecule has 2 N–H and O–H groups in total. The fourth-order valence-electron chi connectivity index (χ4n) is 4.42. The van der Waals surface area contributed by atoms with E-state index in [9.17, 15) is 4.79 Å². The monoisotopic (exact) mass is 280 g/mol. The average Bonchev–Trinajstić information content (AvgIpc) is 2.53. The minimum absolute atomic E-state index is 0.0405. The molecule has 0 bridgehead atoms. The van der Waals surface area contributed by atoms with Gasteiger partial charge in [-0.15, -0.1) is 0 Å². The summed E-state index contributed by atoms with van der Waals surface area (Å²) in [7, 11) is 0. The lowest BCUT2D eigenvalue weighted by Crippen LogP contribution is -2.50. The van der Waals surface area contributed by atoms with Crippen LogP contribution in [-0.2, 0) is 9.53 Å². The molecule has 114 valence electrons. The average molecular weight is 280 g/mol. The van der Waals surface area contributed by atoms with Crippen LogP contribution in [0, 0.1) is 17.8 Å². The molecule has 3 aliphatic rings. The molecule has 3 fully saturated rings. The molecule has 1 aliphatic heterocycles. The van der Waals surface area contributed by atoms with Crippen molar-refractivity contribution in [1.29, 1.82) is 0 Å². The van der Waals surface area contributed by atoms with Crippen molar-refractivity contribution >= 4 is 5.91 Å². The first-order chi connectivity index (χ1) is 9.78. The standard InChI is InChI=1S/C16H28N2O2/c17-10-15-11-18(7-8-20-15)16(19)14-6-5-12-3-1-2-4-13(12)9-14/h12-15H,1-11,17H2. The Morgan fingerprint density at radius 2 is 1.95 bits per heavy atom. The Labute approximate surface area is 122 Å². The highest BCUT2D eigenvalue weighted by atomic mass is 16.5. The van der Waals surface area contributed by atoms with Crippen LogP contribution in [0.1, 0.15) is 44.9 Å². The van der Waals surface area contributed by atoms with E-state index in [-0.39, 0.29) is 12.0 Å². The van der Waals surface area contributed by atoms with Gasteiger partial charge in [-0.1, -0.05) is 25.7 Å². The maximum atomic E-state index is 12.7. The molecule has 4 heteroatoms. The van der Waals surface area contributed by atoms with Gasteiger partial charge in [0.05, 0.1) is 12.7 Å². The molecule has 0 aromatic heterocycles. The van der Waals surface area contributed by atoms with Crippen molar-refractivity contribution in [1.82, 2.24) is 4.90 Å². The second kappa shape index (κ2) is 6.44. The van der Waals surface area contributed by atoms with Gasteiger partial charge in [0.25, 0.3) is 0 Å². The Bertz CT molecular complexity index is 347. The first-order valence-electron chi connectivity index (χ1n) is 8.38. The number of hydrogen-bond donors (Lipinski definition) is 1. The molecule has 1 heterocycles. The number of fused-ring (bicyclic) bond motifs is 1. The van der Waals surface area contributed by atoms with Gasteiger partial charge in [-0.05, 0) is 31.1 Å². The van der Waals surface area contributed by atoms with E-state index in [4.69, 9.17) is 10.5 Å². The molecule has 0 spiro atoms. The fraction of sp³-hybridized carbons (Fsp3) is 0.938. The number of carbonyl (C=O) groups excluding carboxylic acids is 1. The van der Waals surface area contributed by atoms with Crippen molar-refractivity contribution in [3.8, 4) is 0 Å². The zero-order valence-corrected chi connectivity index (χ0v) is 12.4. The van der Waals surface area contributed by atoms with E-state index in [1.54, 1.807) is 0 Å². The van der Waals surface area contributed by atoms with E-state index in [2.05, 4.69) is 0 Å². The van der Waals surface area contributed by atoms with Crippen LogP contribution in [0.3, 0.4) is 0 Å². The normalized spacial score (nSPS) is 38.4. The van der Waals surface area contributed by atoms with Crippen molar-refractivity contribution in [2.45, 2.75) is 51.0 Å². The number of morpholine rings is 1. The van der Waals surface area contributed by atoms with Gasteiger partial charge in [0.2, 0.25) is 5.91 Å².